The predicted molar refractivity (Wildman–Crippen MR) is 74.2 cm³/mol. The molecule has 0 aromatic heterocycles. The first-order chi connectivity index (χ1) is 8.72. The van der Waals surface area contributed by atoms with Crippen molar-refractivity contribution >= 4 is 0 Å². The van der Waals surface area contributed by atoms with E-state index in [4.69, 9.17) is 0 Å². The van der Waals surface area contributed by atoms with Crippen LogP contribution in [0, 0.1) is 10.1 Å². The first kappa shape index (κ1) is 14.7. The highest BCUT2D eigenvalue weighted by atomic mass is 16.6. The zero-order valence-electron chi connectivity index (χ0n) is 11.2. The molecule has 0 unspecified atom stereocenters. The van der Waals surface area contributed by atoms with E-state index in [0.29, 0.717) is 0 Å². The van der Waals surface area contributed by atoms with Crippen LogP contribution in [-0.2, 0) is 13.0 Å². The molecule has 0 saturated heterocycles. The number of hydrogen-bond acceptors (Lipinski definition) is 2. The van der Waals surface area contributed by atoms with Crippen LogP contribution in [0.25, 0.3) is 0 Å². The van der Waals surface area contributed by atoms with Gasteiger partial charge in [-0.15, -0.1) is 0 Å². The van der Waals surface area contributed by atoms with Gasteiger partial charge in [0.05, 0.1) is 0 Å². The number of nitrogens with zero attached hydrogens (tertiary/aromatic N) is 1. The lowest BCUT2D eigenvalue weighted by Gasteiger charge is -2.03. The van der Waals surface area contributed by atoms with Crippen LogP contribution in [0.4, 0.5) is 0 Å². The fourth-order valence-electron chi connectivity index (χ4n) is 2.07. The Kier molecular flexibility index (Phi) is 7.07. The highest BCUT2D eigenvalue weighted by molar-refractivity contribution is 5.21. The van der Waals surface area contributed by atoms with Crippen LogP contribution in [0.2, 0.25) is 0 Å². The van der Waals surface area contributed by atoms with E-state index >= 15 is 0 Å². The fraction of sp³-hybridized carbons (Fsp3) is 0.600. The maximum Gasteiger partial charge on any atom is 0.228 e. The molecule has 1 rings (SSSR count). The van der Waals surface area contributed by atoms with Gasteiger partial charge in [-0.3, -0.25) is 10.1 Å². The van der Waals surface area contributed by atoms with Crippen molar-refractivity contribution < 1.29 is 4.92 Å². The quantitative estimate of drug-likeness (QED) is 0.370. The van der Waals surface area contributed by atoms with Gasteiger partial charge in [-0.2, -0.15) is 0 Å². The van der Waals surface area contributed by atoms with Crippen molar-refractivity contribution in [2.24, 2.45) is 0 Å². The second kappa shape index (κ2) is 8.67. The van der Waals surface area contributed by atoms with E-state index < -0.39 is 0 Å². The van der Waals surface area contributed by atoms with Crippen molar-refractivity contribution in [1.82, 2.24) is 0 Å². The predicted octanol–water partition coefficient (Wildman–Crippen LogP) is 4.37. The second-order valence-electron chi connectivity index (χ2n) is 4.83. The number of hydrogen-bond donors (Lipinski definition) is 0. The molecular formula is C15H23NO2. The largest absolute Gasteiger partial charge is 0.264 e. The summed E-state index contributed by atoms with van der Waals surface area (Å²) in [6.07, 6.45) is 8.90. The molecule has 0 aliphatic carbocycles. The van der Waals surface area contributed by atoms with Crippen molar-refractivity contribution in [1.29, 1.82) is 0 Å². The molecule has 0 amide bonds. The number of nitro groups is 1. The van der Waals surface area contributed by atoms with Gasteiger partial charge in [0.25, 0.3) is 0 Å². The van der Waals surface area contributed by atoms with Gasteiger partial charge in [0, 0.05) is 10.5 Å². The van der Waals surface area contributed by atoms with Crippen molar-refractivity contribution in [2.75, 3.05) is 0 Å². The Labute approximate surface area is 109 Å². The van der Waals surface area contributed by atoms with Gasteiger partial charge in [-0.25, -0.2) is 0 Å². The summed E-state index contributed by atoms with van der Waals surface area (Å²) in [5, 5.41) is 10.4. The Hall–Kier alpha value is -1.38. The van der Waals surface area contributed by atoms with Gasteiger partial charge < -0.3 is 0 Å². The van der Waals surface area contributed by atoms with Gasteiger partial charge in [-0.05, 0) is 18.4 Å². The summed E-state index contributed by atoms with van der Waals surface area (Å²) in [6.45, 7) is 2.16. The van der Waals surface area contributed by atoms with Gasteiger partial charge >= 0.3 is 0 Å². The van der Waals surface area contributed by atoms with Crippen molar-refractivity contribution in [3.63, 3.8) is 0 Å². The van der Waals surface area contributed by atoms with Crippen LogP contribution in [0.1, 0.15) is 56.6 Å². The smallest absolute Gasteiger partial charge is 0.228 e. The molecule has 0 fully saturated rings. The highest BCUT2D eigenvalue weighted by Crippen LogP contribution is 2.11. The van der Waals surface area contributed by atoms with Crippen molar-refractivity contribution in [3.8, 4) is 0 Å². The summed E-state index contributed by atoms with van der Waals surface area (Å²) in [5.41, 5.74) is 2.07. The van der Waals surface area contributed by atoms with Crippen LogP contribution >= 0.6 is 0 Å². The Morgan fingerprint density at radius 3 is 2.11 bits per heavy atom. The van der Waals surface area contributed by atoms with Crippen LogP contribution in [0.5, 0.6) is 0 Å². The minimum atomic E-state index is -0.289. The van der Waals surface area contributed by atoms with Crippen LogP contribution < -0.4 is 0 Å². The van der Waals surface area contributed by atoms with E-state index in [1.807, 2.05) is 24.3 Å². The molecule has 0 atom stereocenters. The molecule has 0 aliphatic heterocycles. The highest BCUT2D eigenvalue weighted by Gasteiger charge is 2.01. The third kappa shape index (κ3) is 6.38. The van der Waals surface area contributed by atoms with E-state index in [1.165, 1.54) is 44.1 Å². The molecule has 0 N–H and O–H groups in total. The molecule has 0 saturated carbocycles. The summed E-state index contributed by atoms with van der Waals surface area (Å²) >= 11 is 0. The van der Waals surface area contributed by atoms with Crippen LogP contribution in [-0.4, -0.2) is 4.92 Å². The standard InChI is InChI=1S/C15H23NO2/c1-2-3-4-5-6-7-8-14-9-11-15(12-10-14)13-16(17)18/h9-12H,2-8,13H2,1H3. The normalized spacial score (nSPS) is 10.5. The second-order valence-corrected chi connectivity index (χ2v) is 4.83. The molecule has 0 spiro atoms. The SMILES string of the molecule is CCCCCCCCc1ccc(C[N+](=O)[O-])cc1. The summed E-state index contributed by atoms with van der Waals surface area (Å²) < 4.78 is 0. The lowest BCUT2D eigenvalue weighted by atomic mass is 10.0. The summed E-state index contributed by atoms with van der Waals surface area (Å²) in [5.74, 6) is 0. The molecule has 3 heteroatoms. The average Bonchev–Trinajstić information content (AvgIpc) is 2.35. The van der Waals surface area contributed by atoms with E-state index in [-0.39, 0.29) is 11.5 Å². The first-order valence-electron chi connectivity index (χ1n) is 6.92. The fourth-order valence-corrected chi connectivity index (χ4v) is 2.07. The molecule has 100 valence electrons. The summed E-state index contributed by atoms with van der Waals surface area (Å²) in [6, 6.07) is 7.78. The Balaban J connectivity index is 2.20. The van der Waals surface area contributed by atoms with E-state index in [2.05, 4.69) is 6.92 Å². The van der Waals surface area contributed by atoms with Gasteiger partial charge in [0.1, 0.15) is 0 Å². The van der Waals surface area contributed by atoms with Crippen molar-refractivity contribution in [2.45, 2.75) is 58.4 Å². The zero-order chi connectivity index (χ0) is 13.2. The number of unbranched alkanes of at least 4 members (excludes halogenated alkanes) is 5. The molecule has 0 bridgehead atoms. The minimum absolute atomic E-state index is 0.0721. The lowest BCUT2D eigenvalue weighted by Crippen LogP contribution is -1.98. The van der Waals surface area contributed by atoms with E-state index in [0.717, 1.165) is 12.0 Å². The third-order valence-electron chi connectivity index (χ3n) is 3.15. The molecule has 18 heavy (non-hydrogen) atoms. The van der Waals surface area contributed by atoms with Gasteiger partial charge in [-0.1, -0.05) is 63.3 Å². The zero-order valence-corrected chi connectivity index (χ0v) is 11.2. The molecule has 1 aromatic carbocycles. The maximum atomic E-state index is 10.4. The first-order valence-corrected chi connectivity index (χ1v) is 6.92. The number of benzene rings is 1. The van der Waals surface area contributed by atoms with E-state index in [1.54, 1.807) is 0 Å². The summed E-state index contributed by atoms with van der Waals surface area (Å²) in [7, 11) is 0. The van der Waals surface area contributed by atoms with E-state index in [9.17, 15) is 10.1 Å². The monoisotopic (exact) mass is 249 g/mol. The Bertz CT molecular complexity index is 346. The molecule has 0 heterocycles. The molecule has 0 radical (unpaired) electrons. The van der Waals surface area contributed by atoms with Crippen LogP contribution in [0.3, 0.4) is 0 Å². The van der Waals surface area contributed by atoms with Crippen molar-refractivity contribution in [3.05, 3.63) is 45.5 Å². The maximum absolute atomic E-state index is 10.4. The molecular weight excluding hydrogens is 226 g/mol. The minimum Gasteiger partial charge on any atom is -0.264 e. The summed E-state index contributed by atoms with van der Waals surface area (Å²) in [4.78, 5) is 10.1. The Morgan fingerprint density at radius 1 is 0.944 bits per heavy atom. The average molecular weight is 249 g/mol. The van der Waals surface area contributed by atoms with Gasteiger partial charge in [0.15, 0.2) is 0 Å². The lowest BCUT2D eigenvalue weighted by molar-refractivity contribution is -0.496. The number of aryl methyl sites for hydroxylation is 1. The molecule has 3 nitrogen and oxygen atoms in total. The molecule has 0 aliphatic rings. The molecule has 1 aromatic rings. The Morgan fingerprint density at radius 2 is 1.50 bits per heavy atom. The van der Waals surface area contributed by atoms with Gasteiger partial charge in [0.2, 0.25) is 6.54 Å². The van der Waals surface area contributed by atoms with Crippen LogP contribution in [0.15, 0.2) is 24.3 Å². The topological polar surface area (TPSA) is 43.1 Å². The number of rotatable bonds is 9. The third-order valence-corrected chi connectivity index (χ3v) is 3.15.